The molecule has 124 valence electrons. The van der Waals surface area contributed by atoms with Crippen molar-refractivity contribution in [1.82, 2.24) is 0 Å². The van der Waals surface area contributed by atoms with Crippen LogP contribution in [0.4, 0.5) is 0 Å². The Balaban J connectivity index is 1.93. The molecule has 1 aliphatic heterocycles. The first-order valence-corrected chi connectivity index (χ1v) is 7.67. The van der Waals surface area contributed by atoms with Gasteiger partial charge in [-0.15, -0.1) is 0 Å². The van der Waals surface area contributed by atoms with Crippen LogP contribution in [0.5, 0.6) is 17.2 Å². The summed E-state index contributed by atoms with van der Waals surface area (Å²) in [7, 11) is 1.60. The van der Waals surface area contributed by atoms with Crippen molar-refractivity contribution in [3.63, 3.8) is 0 Å². The van der Waals surface area contributed by atoms with Crippen LogP contribution in [0, 0.1) is 0 Å². The molecule has 0 amide bonds. The van der Waals surface area contributed by atoms with Crippen molar-refractivity contribution in [2.24, 2.45) is 0 Å². The van der Waals surface area contributed by atoms with Crippen LogP contribution in [0.1, 0.15) is 35.7 Å². The Hall–Kier alpha value is -2.82. The molecule has 0 saturated heterocycles. The highest BCUT2D eigenvalue weighted by Gasteiger charge is 2.36. The fourth-order valence-corrected chi connectivity index (χ4v) is 2.92. The van der Waals surface area contributed by atoms with Gasteiger partial charge in [-0.1, -0.05) is 12.1 Å². The van der Waals surface area contributed by atoms with Crippen LogP contribution in [-0.2, 0) is 4.79 Å². The Morgan fingerprint density at radius 2 is 1.75 bits per heavy atom. The van der Waals surface area contributed by atoms with Gasteiger partial charge in [0.15, 0.2) is 5.78 Å². The molecule has 0 N–H and O–H groups in total. The van der Waals surface area contributed by atoms with Gasteiger partial charge in [0.2, 0.25) is 0 Å². The lowest BCUT2D eigenvalue weighted by molar-refractivity contribution is -0.131. The number of benzene rings is 2. The lowest BCUT2D eigenvalue weighted by Crippen LogP contribution is -2.33. The first-order chi connectivity index (χ1) is 11.5. The molecule has 5 nitrogen and oxygen atoms in total. The van der Waals surface area contributed by atoms with Gasteiger partial charge in [-0.25, -0.2) is 0 Å². The number of Topliss-reactive ketones (excluding diaryl/α,β-unsaturated/α-hetero) is 1. The van der Waals surface area contributed by atoms with Crippen molar-refractivity contribution >= 4 is 11.8 Å². The lowest BCUT2D eigenvalue weighted by atomic mass is 9.84. The fourth-order valence-electron chi connectivity index (χ4n) is 2.92. The highest BCUT2D eigenvalue weighted by atomic mass is 16.5. The Bertz CT molecular complexity index is 779. The van der Waals surface area contributed by atoms with Gasteiger partial charge in [-0.2, -0.15) is 0 Å². The molecule has 24 heavy (non-hydrogen) atoms. The molecule has 5 heteroatoms. The molecular formula is C19H18O5. The number of ketones is 1. The maximum atomic E-state index is 12.9. The summed E-state index contributed by atoms with van der Waals surface area (Å²) in [4.78, 5) is 24.0. The molecule has 0 fully saturated rings. The van der Waals surface area contributed by atoms with Crippen LogP contribution in [0.2, 0.25) is 0 Å². The molecule has 0 bridgehead atoms. The Kier molecular flexibility index (Phi) is 4.25. The average Bonchev–Trinajstić information content (AvgIpc) is 2.54. The Labute approximate surface area is 140 Å². The molecular weight excluding hydrogens is 308 g/mol. The molecule has 1 aliphatic rings. The van der Waals surface area contributed by atoms with Gasteiger partial charge in [0, 0.05) is 13.0 Å². The van der Waals surface area contributed by atoms with Gasteiger partial charge in [0.05, 0.1) is 18.6 Å². The molecule has 2 aromatic carbocycles. The maximum absolute atomic E-state index is 12.9. The summed E-state index contributed by atoms with van der Waals surface area (Å²) in [6, 6.07) is 12.2. The van der Waals surface area contributed by atoms with Crippen LogP contribution < -0.4 is 14.2 Å². The normalized spacial score (nSPS) is 19.2. The summed E-state index contributed by atoms with van der Waals surface area (Å²) >= 11 is 0. The SMILES string of the molecule is COc1ccc([C@H]2C(=O)c3ccc(OC(C)=O)cc3O[C@@H]2C)cc1. The molecule has 0 unspecified atom stereocenters. The van der Waals surface area contributed by atoms with E-state index in [4.69, 9.17) is 14.2 Å². The molecule has 3 rings (SSSR count). The number of ether oxygens (including phenoxy) is 3. The van der Waals surface area contributed by atoms with Crippen molar-refractivity contribution in [3.05, 3.63) is 53.6 Å². The van der Waals surface area contributed by atoms with Gasteiger partial charge in [-0.05, 0) is 36.8 Å². The first-order valence-electron chi connectivity index (χ1n) is 7.67. The number of fused-ring (bicyclic) bond motifs is 1. The summed E-state index contributed by atoms with van der Waals surface area (Å²) < 4.78 is 16.1. The number of rotatable bonds is 3. The summed E-state index contributed by atoms with van der Waals surface area (Å²) in [5.74, 6) is 0.731. The van der Waals surface area contributed by atoms with E-state index in [0.29, 0.717) is 17.1 Å². The quantitative estimate of drug-likeness (QED) is 0.639. The second-order valence-electron chi connectivity index (χ2n) is 5.69. The molecule has 0 spiro atoms. The highest BCUT2D eigenvalue weighted by molar-refractivity contribution is 6.04. The monoisotopic (exact) mass is 326 g/mol. The third-order valence-electron chi connectivity index (χ3n) is 4.02. The fraction of sp³-hybridized carbons (Fsp3) is 0.263. The first kappa shape index (κ1) is 16.1. The van der Waals surface area contributed by atoms with E-state index in [1.54, 1.807) is 25.3 Å². The van der Waals surface area contributed by atoms with Crippen molar-refractivity contribution in [2.75, 3.05) is 7.11 Å². The van der Waals surface area contributed by atoms with E-state index >= 15 is 0 Å². The molecule has 1 heterocycles. The number of hydrogen-bond donors (Lipinski definition) is 0. The Morgan fingerprint density at radius 3 is 2.38 bits per heavy atom. The van der Waals surface area contributed by atoms with Gasteiger partial charge in [0.1, 0.15) is 23.4 Å². The topological polar surface area (TPSA) is 61.8 Å². The molecule has 0 radical (unpaired) electrons. The standard InChI is InChI=1S/C19H18O5/c1-11-18(13-4-6-14(22-3)7-5-13)19(21)16-9-8-15(24-12(2)20)10-17(16)23-11/h4-11,18H,1-3H3/t11-,18+/m1/s1. The van der Waals surface area contributed by atoms with Crippen LogP contribution in [0.15, 0.2) is 42.5 Å². The number of esters is 1. The summed E-state index contributed by atoms with van der Waals surface area (Å²) in [5.41, 5.74) is 1.37. The Morgan fingerprint density at radius 1 is 1.08 bits per heavy atom. The average molecular weight is 326 g/mol. The van der Waals surface area contributed by atoms with E-state index in [-0.39, 0.29) is 17.8 Å². The van der Waals surface area contributed by atoms with E-state index in [9.17, 15) is 9.59 Å². The minimum absolute atomic E-state index is 0.0108. The van der Waals surface area contributed by atoms with Crippen molar-refractivity contribution in [3.8, 4) is 17.2 Å². The van der Waals surface area contributed by atoms with Crippen molar-refractivity contribution in [2.45, 2.75) is 25.9 Å². The van der Waals surface area contributed by atoms with E-state index in [2.05, 4.69) is 0 Å². The van der Waals surface area contributed by atoms with E-state index in [0.717, 1.165) is 11.3 Å². The predicted octanol–water partition coefficient (Wildman–Crippen LogP) is 3.37. The van der Waals surface area contributed by atoms with E-state index in [1.807, 2.05) is 31.2 Å². The van der Waals surface area contributed by atoms with Gasteiger partial charge < -0.3 is 14.2 Å². The number of carbonyl (C=O) groups is 2. The molecule has 0 aliphatic carbocycles. The van der Waals surface area contributed by atoms with E-state index in [1.165, 1.54) is 6.92 Å². The third-order valence-corrected chi connectivity index (χ3v) is 4.02. The van der Waals surface area contributed by atoms with Crippen LogP contribution >= 0.6 is 0 Å². The molecule has 2 atom stereocenters. The summed E-state index contributed by atoms with van der Waals surface area (Å²) in [6.07, 6.45) is -0.328. The van der Waals surface area contributed by atoms with Crippen molar-refractivity contribution in [1.29, 1.82) is 0 Å². The van der Waals surface area contributed by atoms with Crippen LogP contribution in [0.3, 0.4) is 0 Å². The van der Waals surface area contributed by atoms with Gasteiger partial charge in [-0.3, -0.25) is 9.59 Å². The number of hydrogen-bond acceptors (Lipinski definition) is 5. The second kappa shape index (κ2) is 6.35. The minimum atomic E-state index is -0.416. The van der Waals surface area contributed by atoms with Crippen LogP contribution in [0.25, 0.3) is 0 Å². The zero-order valence-corrected chi connectivity index (χ0v) is 13.7. The number of methoxy groups -OCH3 is 1. The van der Waals surface area contributed by atoms with Crippen molar-refractivity contribution < 1.29 is 23.8 Å². The van der Waals surface area contributed by atoms with Crippen LogP contribution in [-0.4, -0.2) is 25.0 Å². The van der Waals surface area contributed by atoms with E-state index < -0.39 is 5.97 Å². The summed E-state index contributed by atoms with van der Waals surface area (Å²) in [5, 5.41) is 0. The largest absolute Gasteiger partial charge is 0.497 e. The molecule has 0 aromatic heterocycles. The van der Waals surface area contributed by atoms with Gasteiger partial charge >= 0.3 is 5.97 Å². The maximum Gasteiger partial charge on any atom is 0.308 e. The predicted molar refractivity (Wildman–Crippen MR) is 87.9 cm³/mol. The van der Waals surface area contributed by atoms with Gasteiger partial charge in [0.25, 0.3) is 0 Å². The zero-order chi connectivity index (χ0) is 17.3. The lowest BCUT2D eigenvalue weighted by Gasteiger charge is -2.30. The molecule has 2 aromatic rings. The highest BCUT2D eigenvalue weighted by Crippen LogP contribution is 2.38. The minimum Gasteiger partial charge on any atom is -0.497 e. The number of carbonyl (C=O) groups excluding carboxylic acids is 2. The summed E-state index contributed by atoms with van der Waals surface area (Å²) in [6.45, 7) is 3.18. The zero-order valence-electron chi connectivity index (χ0n) is 13.7. The third kappa shape index (κ3) is 2.97. The smallest absolute Gasteiger partial charge is 0.308 e. The second-order valence-corrected chi connectivity index (χ2v) is 5.69. The molecule has 0 saturated carbocycles.